The van der Waals surface area contributed by atoms with Crippen LogP contribution in [0.5, 0.6) is 0 Å². The molecule has 0 aliphatic rings. The topological polar surface area (TPSA) is 99.0 Å². The molecule has 0 radical (unpaired) electrons. The number of rotatable bonds is 7. The zero-order chi connectivity index (χ0) is 15.0. The van der Waals surface area contributed by atoms with Crippen molar-refractivity contribution in [1.29, 1.82) is 0 Å². The van der Waals surface area contributed by atoms with E-state index in [0.717, 1.165) is 5.56 Å². The number of carbonyl (C=O) groups is 1. The Morgan fingerprint density at radius 2 is 1.95 bits per heavy atom. The molecule has 0 aliphatic heterocycles. The van der Waals surface area contributed by atoms with Gasteiger partial charge in [-0.2, -0.15) is 0 Å². The number of benzene rings is 1. The van der Waals surface area contributed by atoms with Gasteiger partial charge in [0.2, 0.25) is 0 Å². The van der Waals surface area contributed by atoms with Crippen LogP contribution in [0.15, 0.2) is 30.3 Å². The van der Waals surface area contributed by atoms with Crippen LogP contribution in [-0.2, 0) is 11.3 Å². The molecule has 112 valence electrons. The number of ether oxygens (including phenoxy) is 1. The zero-order valence-corrected chi connectivity index (χ0v) is 11.4. The van der Waals surface area contributed by atoms with Gasteiger partial charge in [0, 0.05) is 6.42 Å². The average molecular weight is 283 g/mol. The Hall–Kier alpha value is -1.63. The summed E-state index contributed by atoms with van der Waals surface area (Å²) in [6, 6.07) is 8.29. The third kappa shape index (κ3) is 6.01. The summed E-state index contributed by atoms with van der Waals surface area (Å²) in [5.41, 5.74) is 0.840. The van der Waals surface area contributed by atoms with Crippen molar-refractivity contribution < 1.29 is 24.9 Å². The molecule has 0 aromatic heterocycles. The predicted molar refractivity (Wildman–Crippen MR) is 72.9 cm³/mol. The van der Waals surface area contributed by atoms with Crippen molar-refractivity contribution >= 4 is 6.09 Å². The van der Waals surface area contributed by atoms with Crippen LogP contribution in [0, 0.1) is 0 Å². The summed E-state index contributed by atoms with van der Waals surface area (Å²) in [7, 11) is 0. The zero-order valence-electron chi connectivity index (χ0n) is 11.4. The Kier molecular flexibility index (Phi) is 7.00. The summed E-state index contributed by atoms with van der Waals surface area (Å²) < 4.78 is 4.98. The average Bonchev–Trinajstić information content (AvgIpc) is 2.42. The highest BCUT2D eigenvalue weighted by molar-refractivity contribution is 5.67. The predicted octanol–water partition coefficient (Wildman–Crippen LogP) is 0.405. The summed E-state index contributed by atoms with van der Waals surface area (Å²) in [4.78, 5) is 11.6. The van der Waals surface area contributed by atoms with E-state index in [1.54, 1.807) is 0 Å². The lowest BCUT2D eigenvalue weighted by atomic mass is 10.1. The van der Waals surface area contributed by atoms with Crippen LogP contribution >= 0.6 is 0 Å². The first-order chi connectivity index (χ1) is 9.52. The van der Waals surface area contributed by atoms with Gasteiger partial charge in [-0.3, -0.25) is 0 Å². The molecule has 0 saturated heterocycles. The number of alkyl carbamates (subject to hydrolysis) is 1. The smallest absolute Gasteiger partial charge is 0.407 e. The van der Waals surface area contributed by atoms with Crippen LogP contribution in [-0.4, -0.2) is 46.3 Å². The fourth-order valence-corrected chi connectivity index (χ4v) is 1.69. The quantitative estimate of drug-likeness (QED) is 0.581. The monoisotopic (exact) mass is 283 g/mol. The SMILES string of the molecule is C[C@H](O)C[C@@H](O)[C@@H](CO)NC(=O)OCc1ccccc1. The van der Waals surface area contributed by atoms with Gasteiger partial charge in [0.25, 0.3) is 0 Å². The van der Waals surface area contributed by atoms with E-state index in [-0.39, 0.29) is 13.0 Å². The summed E-state index contributed by atoms with van der Waals surface area (Å²) in [6.45, 7) is 1.19. The van der Waals surface area contributed by atoms with Gasteiger partial charge in [-0.15, -0.1) is 0 Å². The largest absolute Gasteiger partial charge is 0.445 e. The second-order valence-electron chi connectivity index (χ2n) is 4.65. The lowest BCUT2D eigenvalue weighted by molar-refractivity contribution is 0.0410. The van der Waals surface area contributed by atoms with Crippen LogP contribution in [0.4, 0.5) is 4.79 Å². The van der Waals surface area contributed by atoms with Crippen molar-refractivity contribution in [2.45, 2.75) is 38.2 Å². The number of hydrogen-bond acceptors (Lipinski definition) is 5. The summed E-state index contributed by atoms with van der Waals surface area (Å²) in [6.07, 6.45) is -2.42. The Bertz CT molecular complexity index is 396. The van der Waals surface area contributed by atoms with E-state index in [1.165, 1.54) is 6.92 Å². The van der Waals surface area contributed by atoms with Crippen LogP contribution in [0.1, 0.15) is 18.9 Å². The first kappa shape index (κ1) is 16.4. The third-order valence-electron chi connectivity index (χ3n) is 2.76. The molecule has 1 rings (SSSR count). The van der Waals surface area contributed by atoms with Crippen LogP contribution in [0.3, 0.4) is 0 Å². The number of aliphatic hydroxyl groups excluding tert-OH is 3. The van der Waals surface area contributed by atoms with E-state index in [1.807, 2.05) is 30.3 Å². The fourth-order valence-electron chi connectivity index (χ4n) is 1.69. The first-order valence-corrected chi connectivity index (χ1v) is 6.47. The van der Waals surface area contributed by atoms with Crippen LogP contribution < -0.4 is 5.32 Å². The molecule has 6 nitrogen and oxygen atoms in total. The first-order valence-electron chi connectivity index (χ1n) is 6.47. The third-order valence-corrected chi connectivity index (χ3v) is 2.76. The summed E-state index contributed by atoms with van der Waals surface area (Å²) >= 11 is 0. The highest BCUT2D eigenvalue weighted by Gasteiger charge is 2.22. The highest BCUT2D eigenvalue weighted by atomic mass is 16.5. The molecule has 0 bridgehead atoms. The van der Waals surface area contributed by atoms with E-state index in [2.05, 4.69) is 5.32 Å². The Labute approximate surface area is 118 Å². The lowest BCUT2D eigenvalue weighted by Gasteiger charge is -2.22. The molecule has 1 aromatic rings. The molecular weight excluding hydrogens is 262 g/mol. The van der Waals surface area contributed by atoms with Gasteiger partial charge < -0.3 is 25.4 Å². The molecule has 3 atom stereocenters. The molecular formula is C14H21NO5. The molecule has 0 aliphatic carbocycles. The molecule has 0 saturated carbocycles. The van der Waals surface area contributed by atoms with E-state index < -0.39 is 30.9 Å². The minimum atomic E-state index is -1.04. The van der Waals surface area contributed by atoms with E-state index >= 15 is 0 Å². The number of amides is 1. The maximum absolute atomic E-state index is 11.6. The summed E-state index contributed by atoms with van der Waals surface area (Å²) in [5.74, 6) is 0. The Morgan fingerprint density at radius 1 is 1.30 bits per heavy atom. The molecule has 1 amide bonds. The standard InChI is InChI=1S/C14H21NO5/c1-10(17)7-13(18)12(8-16)15-14(19)20-9-11-5-3-2-4-6-11/h2-6,10,12-13,16-18H,7-9H2,1H3,(H,15,19)/t10-,12+,13+/m0/s1. The van der Waals surface area contributed by atoms with Crippen molar-refractivity contribution in [3.63, 3.8) is 0 Å². The van der Waals surface area contributed by atoms with Crippen LogP contribution in [0.25, 0.3) is 0 Å². The van der Waals surface area contributed by atoms with Gasteiger partial charge >= 0.3 is 6.09 Å². The van der Waals surface area contributed by atoms with Gasteiger partial charge in [-0.1, -0.05) is 30.3 Å². The second-order valence-corrected chi connectivity index (χ2v) is 4.65. The number of aliphatic hydroxyl groups is 3. The van der Waals surface area contributed by atoms with Crippen molar-refractivity contribution in [2.24, 2.45) is 0 Å². The number of hydrogen-bond donors (Lipinski definition) is 4. The molecule has 0 unspecified atom stereocenters. The molecule has 4 N–H and O–H groups in total. The second kappa shape index (κ2) is 8.52. The summed E-state index contributed by atoms with van der Waals surface area (Å²) in [5, 5.41) is 30.4. The molecule has 1 aromatic carbocycles. The van der Waals surface area contributed by atoms with Gasteiger partial charge in [-0.25, -0.2) is 4.79 Å². The van der Waals surface area contributed by atoms with Crippen molar-refractivity contribution in [1.82, 2.24) is 5.32 Å². The van der Waals surface area contributed by atoms with Crippen molar-refractivity contribution in [3.05, 3.63) is 35.9 Å². The maximum Gasteiger partial charge on any atom is 0.407 e. The van der Waals surface area contributed by atoms with Gasteiger partial charge in [-0.05, 0) is 12.5 Å². The Balaban J connectivity index is 2.39. The maximum atomic E-state index is 11.6. The minimum absolute atomic E-state index is 0.0597. The van der Waals surface area contributed by atoms with Gasteiger partial charge in [0.15, 0.2) is 0 Å². The minimum Gasteiger partial charge on any atom is -0.445 e. The highest BCUT2D eigenvalue weighted by Crippen LogP contribution is 2.04. The normalized spacial score (nSPS) is 15.2. The van der Waals surface area contributed by atoms with Crippen molar-refractivity contribution in [2.75, 3.05) is 6.61 Å². The fraction of sp³-hybridized carbons (Fsp3) is 0.500. The Morgan fingerprint density at radius 3 is 2.50 bits per heavy atom. The van der Waals surface area contributed by atoms with E-state index in [9.17, 15) is 9.90 Å². The van der Waals surface area contributed by atoms with E-state index in [4.69, 9.17) is 14.9 Å². The van der Waals surface area contributed by atoms with Crippen molar-refractivity contribution in [3.8, 4) is 0 Å². The molecule has 20 heavy (non-hydrogen) atoms. The molecule has 6 heteroatoms. The number of carbonyl (C=O) groups excluding carboxylic acids is 1. The van der Waals surface area contributed by atoms with Crippen LogP contribution in [0.2, 0.25) is 0 Å². The molecule has 0 heterocycles. The molecule has 0 fully saturated rings. The molecule has 0 spiro atoms. The van der Waals surface area contributed by atoms with E-state index in [0.29, 0.717) is 0 Å². The lowest BCUT2D eigenvalue weighted by Crippen LogP contribution is -2.46. The number of nitrogens with one attached hydrogen (secondary N) is 1. The van der Waals surface area contributed by atoms with Gasteiger partial charge in [0.05, 0.1) is 24.9 Å². The van der Waals surface area contributed by atoms with Gasteiger partial charge in [0.1, 0.15) is 6.61 Å².